The highest BCUT2D eigenvalue weighted by Gasteiger charge is 2.26. The van der Waals surface area contributed by atoms with Gasteiger partial charge >= 0.3 is 0 Å². The van der Waals surface area contributed by atoms with Crippen LogP contribution >= 0.6 is 0 Å². The Morgan fingerprint density at radius 1 is 1.60 bits per heavy atom. The van der Waals surface area contributed by atoms with Crippen molar-refractivity contribution in [3.63, 3.8) is 0 Å². The minimum atomic E-state index is -0.0711. The van der Waals surface area contributed by atoms with Gasteiger partial charge in [-0.05, 0) is 24.1 Å². The molecular formula is C12H13NO2. The van der Waals surface area contributed by atoms with E-state index in [9.17, 15) is 4.79 Å². The summed E-state index contributed by atoms with van der Waals surface area (Å²) in [6.07, 6.45) is 2.22. The van der Waals surface area contributed by atoms with Gasteiger partial charge in [0.1, 0.15) is 5.75 Å². The van der Waals surface area contributed by atoms with E-state index in [1.54, 1.807) is 12.0 Å². The highest BCUT2D eigenvalue weighted by molar-refractivity contribution is 6.03. The molecule has 0 fully saturated rings. The molecule has 1 heterocycles. The Kier molecular flexibility index (Phi) is 2.46. The summed E-state index contributed by atoms with van der Waals surface area (Å²) < 4.78 is 5.25. The average Bonchev–Trinajstić information content (AvgIpc) is 2.71. The van der Waals surface area contributed by atoms with Crippen LogP contribution < -0.4 is 9.64 Å². The largest absolute Gasteiger partial charge is 0.495 e. The van der Waals surface area contributed by atoms with Crippen LogP contribution in [-0.2, 0) is 11.2 Å². The van der Waals surface area contributed by atoms with Gasteiger partial charge < -0.3 is 9.64 Å². The Morgan fingerprint density at radius 2 is 2.40 bits per heavy atom. The summed E-state index contributed by atoms with van der Waals surface area (Å²) in [5.41, 5.74) is 2.05. The molecule has 0 aliphatic carbocycles. The predicted octanol–water partition coefficient (Wildman–Crippen LogP) is 1.77. The standard InChI is InChI=1S/C12H13NO2/c1-3-11(14)13-8-7-9-5-4-6-10(15-2)12(9)13/h3-6H,1,7-8H2,2H3. The fraction of sp³-hybridized carbons (Fsp3) is 0.250. The van der Waals surface area contributed by atoms with Crippen LogP contribution in [-0.4, -0.2) is 19.6 Å². The highest BCUT2D eigenvalue weighted by atomic mass is 16.5. The molecule has 0 radical (unpaired) electrons. The topological polar surface area (TPSA) is 29.5 Å². The molecule has 1 aromatic rings. The summed E-state index contributed by atoms with van der Waals surface area (Å²) in [6, 6.07) is 5.83. The van der Waals surface area contributed by atoms with Crippen molar-refractivity contribution in [1.29, 1.82) is 0 Å². The highest BCUT2D eigenvalue weighted by Crippen LogP contribution is 2.36. The van der Waals surface area contributed by atoms with Gasteiger partial charge in [-0.25, -0.2) is 0 Å². The second-order valence-corrected chi connectivity index (χ2v) is 3.41. The summed E-state index contributed by atoms with van der Waals surface area (Å²) in [5, 5.41) is 0. The molecule has 0 atom stereocenters. The molecule has 0 aromatic heterocycles. The fourth-order valence-corrected chi connectivity index (χ4v) is 1.92. The lowest BCUT2D eigenvalue weighted by Gasteiger charge is -2.17. The normalized spacial score (nSPS) is 13.5. The number of amides is 1. The van der Waals surface area contributed by atoms with E-state index >= 15 is 0 Å². The average molecular weight is 203 g/mol. The number of methoxy groups -OCH3 is 1. The molecule has 1 aromatic carbocycles. The maximum atomic E-state index is 11.6. The van der Waals surface area contributed by atoms with Crippen molar-refractivity contribution in [3.8, 4) is 5.75 Å². The molecule has 0 spiro atoms. The van der Waals surface area contributed by atoms with Crippen molar-refractivity contribution in [3.05, 3.63) is 36.4 Å². The lowest BCUT2D eigenvalue weighted by molar-refractivity contribution is -0.114. The van der Waals surface area contributed by atoms with Crippen LogP contribution in [0.3, 0.4) is 0 Å². The SMILES string of the molecule is C=CC(=O)N1CCc2cccc(OC)c21. The van der Waals surface area contributed by atoms with E-state index in [2.05, 4.69) is 6.58 Å². The van der Waals surface area contributed by atoms with Crippen molar-refractivity contribution in [1.82, 2.24) is 0 Å². The number of anilines is 1. The van der Waals surface area contributed by atoms with Crippen LogP contribution in [0.4, 0.5) is 5.69 Å². The van der Waals surface area contributed by atoms with Gasteiger partial charge in [0.15, 0.2) is 0 Å². The van der Waals surface area contributed by atoms with Gasteiger partial charge in [0.2, 0.25) is 0 Å². The third kappa shape index (κ3) is 1.50. The number of hydrogen-bond donors (Lipinski definition) is 0. The first-order chi connectivity index (χ1) is 7.27. The van der Waals surface area contributed by atoms with Gasteiger partial charge in [-0.15, -0.1) is 0 Å². The molecular weight excluding hydrogens is 190 g/mol. The lowest BCUT2D eigenvalue weighted by atomic mass is 10.1. The molecule has 3 nitrogen and oxygen atoms in total. The zero-order valence-electron chi connectivity index (χ0n) is 8.69. The number of benzene rings is 1. The van der Waals surface area contributed by atoms with E-state index in [-0.39, 0.29) is 5.91 Å². The van der Waals surface area contributed by atoms with E-state index in [0.717, 1.165) is 23.4 Å². The molecule has 0 unspecified atom stereocenters. The quantitative estimate of drug-likeness (QED) is 0.685. The van der Waals surface area contributed by atoms with Crippen LogP contribution in [0.25, 0.3) is 0 Å². The minimum Gasteiger partial charge on any atom is -0.495 e. The van der Waals surface area contributed by atoms with E-state index in [4.69, 9.17) is 4.74 Å². The molecule has 78 valence electrons. The van der Waals surface area contributed by atoms with Crippen molar-refractivity contribution in [2.45, 2.75) is 6.42 Å². The zero-order valence-corrected chi connectivity index (χ0v) is 8.69. The molecule has 15 heavy (non-hydrogen) atoms. The summed E-state index contributed by atoms with van der Waals surface area (Å²) in [7, 11) is 1.62. The maximum absolute atomic E-state index is 11.6. The summed E-state index contributed by atoms with van der Waals surface area (Å²) in [4.78, 5) is 13.3. The van der Waals surface area contributed by atoms with Gasteiger partial charge in [0, 0.05) is 6.54 Å². The van der Waals surface area contributed by atoms with E-state index in [1.807, 2.05) is 18.2 Å². The fourth-order valence-electron chi connectivity index (χ4n) is 1.92. The van der Waals surface area contributed by atoms with Gasteiger partial charge in [0.05, 0.1) is 12.8 Å². The first-order valence-electron chi connectivity index (χ1n) is 4.87. The van der Waals surface area contributed by atoms with Crippen LogP contribution in [0.15, 0.2) is 30.9 Å². The third-order valence-corrected chi connectivity index (χ3v) is 2.62. The first kappa shape index (κ1) is 9.77. The van der Waals surface area contributed by atoms with Crippen LogP contribution in [0.1, 0.15) is 5.56 Å². The van der Waals surface area contributed by atoms with Gasteiger partial charge in [0.25, 0.3) is 5.91 Å². The number of fused-ring (bicyclic) bond motifs is 1. The van der Waals surface area contributed by atoms with Crippen molar-refractivity contribution >= 4 is 11.6 Å². The van der Waals surface area contributed by atoms with Crippen molar-refractivity contribution in [2.75, 3.05) is 18.6 Å². The maximum Gasteiger partial charge on any atom is 0.250 e. The van der Waals surface area contributed by atoms with Crippen LogP contribution in [0.2, 0.25) is 0 Å². The molecule has 1 aliphatic heterocycles. The Bertz CT molecular complexity index is 412. The van der Waals surface area contributed by atoms with Crippen molar-refractivity contribution < 1.29 is 9.53 Å². The Hall–Kier alpha value is -1.77. The molecule has 0 N–H and O–H groups in total. The second-order valence-electron chi connectivity index (χ2n) is 3.41. The Balaban J connectivity index is 2.48. The minimum absolute atomic E-state index is 0.0711. The summed E-state index contributed by atoms with van der Waals surface area (Å²) in [6.45, 7) is 4.21. The van der Waals surface area contributed by atoms with Gasteiger partial charge in [-0.2, -0.15) is 0 Å². The molecule has 1 amide bonds. The monoisotopic (exact) mass is 203 g/mol. The summed E-state index contributed by atoms with van der Waals surface area (Å²) in [5.74, 6) is 0.679. The first-order valence-corrected chi connectivity index (χ1v) is 4.87. The number of ether oxygens (including phenoxy) is 1. The Labute approximate surface area is 89.0 Å². The molecule has 0 saturated heterocycles. The van der Waals surface area contributed by atoms with E-state index in [0.29, 0.717) is 6.54 Å². The lowest BCUT2D eigenvalue weighted by Crippen LogP contribution is -2.27. The number of carbonyl (C=O) groups is 1. The molecule has 3 heteroatoms. The van der Waals surface area contributed by atoms with E-state index in [1.165, 1.54) is 6.08 Å². The third-order valence-electron chi connectivity index (χ3n) is 2.62. The number of nitrogens with zero attached hydrogens (tertiary/aromatic N) is 1. The van der Waals surface area contributed by atoms with E-state index < -0.39 is 0 Å². The molecule has 1 aliphatic rings. The smallest absolute Gasteiger partial charge is 0.250 e. The molecule has 0 bridgehead atoms. The zero-order chi connectivity index (χ0) is 10.8. The number of para-hydroxylation sites is 1. The number of rotatable bonds is 2. The van der Waals surface area contributed by atoms with Gasteiger partial charge in [-0.1, -0.05) is 18.7 Å². The van der Waals surface area contributed by atoms with Gasteiger partial charge in [-0.3, -0.25) is 4.79 Å². The van der Waals surface area contributed by atoms with Crippen LogP contribution in [0.5, 0.6) is 5.75 Å². The van der Waals surface area contributed by atoms with Crippen molar-refractivity contribution in [2.24, 2.45) is 0 Å². The molecule has 0 saturated carbocycles. The predicted molar refractivity (Wildman–Crippen MR) is 59.2 cm³/mol. The number of hydrogen-bond acceptors (Lipinski definition) is 2. The number of carbonyl (C=O) groups excluding carboxylic acids is 1. The van der Waals surface area contributed by atoms with Crippen LogP contribution in [0, 0.1) is 0 Å². The summed E-state index contributed by atoms with van der Waals surface area (Å²) >= 11 is 0. The second kappa shape index (κ2) is 3.77. The molecule has 2 rings (SSSR count). The Morgan fingerprint density at radius 3 is 3.07 bits per heavy atom.